The van der Waals surface area contributed by atoms with Crippen LogP contribution in [-0.4, -0.2) is 28.2 Å². The van der Waals surface area contributed by atoms with Gasteiger partial charge in [0.1, 0.15) is 5.82 Å². The summed E-state index contributed by atoms with van der Waals surface area (Å²) in [6, 6.07) is 17.5. The summed E-state index contributed by atoms with van der Waals surface area (Å²) in [5, 5.41) is 16.1. The van der Waals surface area contributed by atoms with Crippen LogP contribution in [0.1, 0.15) is 5.56 Å². The van der Waals surface area contributed by atoms with Crippen molar-refractivity contribution in [2.45, 2.75) is 6.92 Å². The van der Waals surface area contributed by atoms with Crippen LogP contribution in [0.3, 0.4) is 0 Å². The van der Waals surface area contributed by atoms with Gasteiger partial charge in [-0.3, -0.25) is 0 Å². The zero-order valence-corrected chi connectivity index (χ0v) is 14.6. The van der Waals surface area contributed by atoms with Crippen LogP contribution >= 0.6 is 11.6 Å². The Balaban J connectivity index is 1.95. The molecule has 25 heavy (non-hydrogen) atoms. The fourth-order valence-corrected chi connectivity index (χ4v) is 2.50. The fraction of sp³-hybridized carbons (Fsp3) is 0.158. The predicted molar refractivity (Wildman–Crippen MR) is 103 cm³/mol. The van der Waals surface area contributed by atoms with Crippen molar-refractivity contribution in [2.75, 3.05) is 23.8 Å². The van der Waals surface area contributed by atoms with Crippen molar-refractivity contribution in [3.8, 4) is 11.3 Å². The molecule has 2 aromatic carbocycles. The molecule has 0 aliphatic rings. The van der Waals surface area contributed by atoms with E-state index in [0.717, 1.165) is 27.5 Å². The molecule has 0 aliphatic carbocycles. The van der Waals surface area contributed by atoms with Crippen LogP contribution in [0.4, 0.5) is 17.5 Å². The Hall–Kier alpha value is -2.63. The minimum Gasteiger partial charge on any atom is -0.395 e. The number of benzene rings is 2. The van der Waals surface area contributed by atoms with E-state index >= 15 is 0 Å². The first-order valence-electron chi connectivity index (χ1n) is 7.98. The molecule has 0 unspecified atom stereocenters. The van der Waals surface area contributed by atoms with Gasteiger partial charge in [-0.2, -0.15) is 4.98 Å². The van der Waals surface area contributed by atoms with Gasteiger partial charge in [-0.1, -0.05) is 41.9 Å². The highest BCUT2D eigenvalue weighted by molar-refractivity contribution is 6.31. The van der Waals surface area contributed by atoms with Gasteiger partial charge in [-0.05, 0) is 30.7 Å². The number of hydrogen-bond donors (Lipinski definition) is 3. The topological polar surface area (TPSA) is 70.1 Å². The van der Waals surface area contributed by atoms with Crippen molar-refractivity contribution in [1.29, 1.82) is 0 Å². The lowest BCUT2D eigenvalue weighted by Crippen LogP contribution is -2.10. The number of aliphatic hydroxyl groups is 1. The summed E-state index contributed by atoms with van der Waals surface area (Å²) in [6.45, 7) is 2.35. The van der Waals surface area contributed by atoms with Crippen LogP contribution in [0.15, 0.2) is 54.6 Å². The first-order chi connectivity index (χ1) is 12.2. The average Bonchev–Trinajstić information content (AvgIpc) is 2.63. The standard InChI is InChI=1S/C19H19ClN4O/c1-13-11-15(7-8-16(13)20)22-18-12-17(14-5-3-2-4-6-14)23-19(24-18)21-9-10-25/h2-8,11-12,25H,9-10H2,1H3,(H2,21,22,23,24). The van der Waals surface area contributed by atoms with Crippen molar-refractivity contribution in [1.82, 2.24) is 9.97 Å². The second-order valence-electron chi connectivity index (χ2n) is 5.57. The number of anilines is 3. The van der Waals surface area contributed by atoms with Gasteiger partial charge in [0.05, 0.1) is 12.3 Å². The van der Waals surface area contributed by atoms with Crippen LogP contribution in [0, 0.1) is 6.92 Å². The molecule has 0 atom stereocenters. The van der Waals surface area contributed by atoms with E-state index in [9.17, 15) is 0 Å². The first-order valence-corrected chi connectivity index (χ1v) is 8.36. The van der Waals surface area contributed by atoms with Crippen LogP contribution in [0.25, 0.3) is 11.3 Å². The Labute approximate surface area is 151 Å². The average molecular weight is 355 g/mol. The summed E-state index contributed by atoms with van der Waals surface area (Å²) in [4.78, 5) is 8.99. The maximum absolute atomic E-state index is 9.03. The van der Waals surface area contributed by atoms with Crippen LogP contribution < -0.4 is 10.6 Å². The molecule has 6 heteroatoms. The van der Waals surface area contributed by atoms with Crippen LogP contribution in [0.2, 0.25) is 5.02 Å². The minimum absolute atomic E-state index is 0.0120. The Bertz CT molecular complexity index is 855. The molecule has 3 N–H and O–H groups in total. The van der Waals surface area contributed by atoms with Crippen LogP contribution in [0.5, 0.6) is 0 Å². The number of rotatable bonds is 6. The lowest BCUT2D eigenvalue weighted by Gasteiger charge is -2.12. The predicted octanol–water partition coefficient (Wildman–Crippen LogP) is 4.25. The molecule has 0 fully saturated rings. The van der Waals surface area contributed by atoms with Gasteiger partial charge in [0.15, 0.2) is 0 Å². The zero-order chi connectivity index (χ0) is 17.6. The molecule has 0 spiro atoms. The van der Waals surface area contributed by atoms with E-state index in [1.165, 1.54) is 0 Å². The van der Waals surface area contributed by atoms with Crippen molar-refractivity contribution < 1.29 is 5.11 Å². The highest BCUT2D eigenvalue weighted by Crippen LogP contribution is 2.25. The number of nitrogens with one attached hydrogen (secondary N) is 2. The smallest absolute Gasteiger partial charge is 0.225 e. The van der Waals surface area contributed by atoms with E-state index in [4.69, 9.17) is 16.7 Å². The normalized spacial score (nSPS) is 10.5. The number of halogens is 1. The molecule has 3 rings (SSSR count). The van der Waals surface area contributed by atoms with Gasteiger partial charge in [-0.25, -0.2) is 4.98 Å². The van der Waals surface area contributed by atoms with Crippen molar-refractivity contribution in [2.24, 2.45) is 0 Å². The van der Waals surface area contributed by atoms with Crippen molar-refractivity contribution in [3.63, 3.8) is 0 Å². The first kappa shape index (κ1) is 17.2. The quantitative estimate of drug-likeness (QED) is 0.617. The fourth-order valence-electron chi connectivity index (χ4n) is 2.39. The Morgan fingerprint density at radius 2 is 1.84 bits per heavy atom. The lowest BCUT2D eigenvalue weighted by molar-refractivity contribution is 0.311. The monoisotopic (exact) mass is 354 g/mol. The molecule has 0 amide bonds. The third-order valence-corrected chi connectivity index (χ3v) is 4.05. The third-order valence-electron chi connectivity index (χ3n) is 3.62. The maximum Gasteiger partial charge on any atom is 0.225 e. The number of nitrogens with zero attached hydrogens (tertiary/aromatic N) is 2. The van der Waals surface area contributed by atoms with E-state index in [0.29, 0.717) is 18.3 Å². The Morgan fingerprint density at radius 1 is 1.04 bits per heavy atom. The second-order valence-corrected chi connectivity index (χ2v) is 5.97. The molecule has 128 valence electrons. The summed E-state index contributed by atoms with van der Waals surface area (Å²) in [5.41, 5.74) is 3.67. The maximum atomic E-state index is 9.03. The largest absolute Gasteiger partial charge is 0.395 e. The molecule has 0 saturated heterocycles. The van der Waals surface area contributed by atoms with Crippen LogP contribution in [-0.2, 0) is 0 Å². The van der Waals surface area contributed by atoms with Crippen molar-refractivity contribution in [3.05, 3.63) is 65.2 Å². The van der Waals surface area contributed by atoms with Gasteiger partial charge in [0.2, 0.25) is 5.95 Å². The summed E-state index contributed by atoms with van der Waals surface area (Å²) >= 11 is 6.08. The second kappa shape index (κ2) is 7.96. The number of aryl methyl sites for hydroxylation is 1. The number of aromatic nitrogens is 2. The van der Waals surface area contributed by atoms with E-state index in [-0.39, 0.29) is 6.61 Å². The van der Waals surface area contributed by atoms with Gasteiger partial charge in [0.25, 0.3) is 0 Å². The molecule has 0 bridgehead atoms. The molecule has 1 aromatic heterocycles. The molecule has 1 heterocycles. The molecule has 5 nitrogen and oxygen atoms in total. The van der Waals surface area contributed by atoms with Crippen molar-refractivity contribution >= 4 is 29.1 Å². The molecule has 3 aromatic rings. The molecule has 0 aliphatic heterocycles. The summed E-state index contributed by atoms with van der Waals surface area (Å²) in [7, 11) is 0. The highest BCUT2D eigenvalue weighted by atomic mass is 35.5. The minimum atomic E-state index is 0.0120. The van der Waals surface area contributed by atoms with Gasteiger partial charge < -0.3 is 15.7 Å². The van der Waals surface area contributed by atoms with E-state index in [2.05, 4.69) is 20.6 Å². The van der Waals surface area contributed by atoms with E-state index in [1.807, 2.05) is 61.5 Å². The third kappa shape index (κ3) is 4.47. The van der Waals surface area contributed by atoms with Gasteiger partial charge >= 0.3 is 0 Å². The molecule has 0 saturated carbocycles. The summed E-state index contributed by atoms with van der Waals surface area (Å²) in [6.07, 6.45) is 0. The van der Waals surface area contributed by atoms with Gasteiger partial charge in [0, 0.05) is 28.9 Å². The SMILES string of the molecule is Cc1cc(Nc2cc(-c3ccccc3)nc(NCCO)n2)ccc1Cl. The zero-order valence-electron chi connectivity index (χ0n) is 13.8. The Morgan fingerprint density at radius 3 is 2.56 bits per heavy atom. The lowest BCUT2D eigenvalue weighted by atomic mass is 10.1. The summed E-state index contributed by atoms with van der Waals surface area (Å²) < 4.78 is 0. The van der Waals surface area contributed by atoms with E-state index in [1.54, 1.807) is 0 Å². The highest BCUT2D eigenvalue weighted by Gasteiger charge is 2.07. The van der Waals surface area contributed by atoms with E-state index < -0.39 is 0 Å². The summed E-state index contributed by atoms with van der Waals surface area (Å²) in [5.74, 6) is 1.12. The molecule has 0 radical (unpaired) electrons. The number of aliphatic hydroxyl groups excluding tert-OH is 1. The molecular formula is C19H19ClN4O. The number of hydrogen-bond acceptors (Lipinski definition) is 5. The molecular weight excluding hydrogens is 336 g/mol. The van der Waals surface area contributed by atoms with Gasteiger partial charge in [-0.15, -0.1) is 0 Å². The Kier molecular flexibility index (Phi) is 5.48.